The third-order valence-electron chi connectivity index (χ3n) is 4.02. The molecule has 3 rings (SSSR count). The summed E-state index contributed by atoms with van der Waals surface area (Å²) in [6.45, 7) is 4.29. The number of anilines is 1. The fourth-order valence-corrected chi connectivity index (χ4v) is 3.05. The number of hydrogen-bond donors (Lipinski definition) is 2. The normalized spacial score (nSPS) is 13.0. The topological polar surface area (TPSA) is 82.8 Å². The van der Waals surface area contributed by atoms with Crippen molar-refractivity contribution in [2.75, 3.05) is 5.73 Å². The molecule has 0 bridgehead atoms. The van der Waals surface area contributed by atoms with Crippen molar-refractivity contribution < 1.29 is 0 Å². The number of nitrogens with zero attached hydrogens (tertiary/aromatic N) is 3. The SMILES string of the molecule is CCCc1nc2c(N)nc3ccccc3c2n1C(N)CCC. The van der Waals surface area contributed by atoms with Crippen molar-refractivity contribution in [2.24, 2.45) is 5.73 Å². The highest BCUT2D eigenvalue weighted by atomic mass is 15.2. The molecule has 4 N–H and O–H groups in total. The summed E-state index contributed by atoms with van der Waals surface area (Å²) in [7, 11) is 0. The zero-order valence-electron chi connectivity index (χ0n) is 13.2. The first-order chi connectivity index (χ1) is 10.7. The van der Waals surface area contributed by atoms with Gasteiger partial charge in [0, 0.05) is 11.8 Å². The smallest absolute Gasteiger partial charge is 0.152 e. The van der Waals surface area contributed by atoms with Crippen molar-refractivity contribution in [2.45, 2.75) is 45.7 Å². The van der Waals surface area contributed by atoms with E-state index < -0.39 is 0 Å². The van der Waals surface area contributed by atoms with Crippen LogP contribution in [0.5, 0.6) is 0 Å². The van der Waals surface area contributed by atoms with E-state index in [2.05, 4.69) is 29.5 Å². The molecule has 5 heteroatoms. The molecule has 0 fully saturated rings. The van der Waals surface area contributed by atoms with Gasteiger partial charge in [0.05, 0.1) is 17.2 Å². The lowest BCUT2D eigenvalue weighted by atomic mass is 10.1. The Balaban J connectivity index is 2.39. The van der Waals surface area contributed by atoms with E-state index in [4.69, 9.17) is 16.5 Å². The van der Waals surface area contributed by atoms with Gasteiger partial charge < -0.3 is 16.0 Å². The van der Waals surface area contributed by atoms with Crippen LogP contribution in [0.1, 0.15) is 45.1 Å². The van der Waals surface area contributed by atoms with Crippen LogP contribution >= 0.6 is 0 Å². The van der Waals surface area contributed by atoms with Gasteiger partial charge in [-0.2, -0.15) is 0 Å². The molecule has 116 valence electrons. The van der Waals surface area contributed by atoms with E-state index in [0.717, 1.165) is 53.4 Å². The Kier molecular flexibility index (Phi) is 3.98. The Hall–Kier alpha value is -2.14. The average molecular weight is 297 g/mol. The van der Waals surface area contributed by atoms with Gasteiger partial charge in [0.25, 0.3) is 0 Å². The number of hydrogen-bond acceptors (Lipinski definition) is 4. The van der Waals surface area contributed by atoms with Crippen LogP contribution in [0.4, 0.5) is 5.82 Å². The highest BCUT2D eigenvalue weighted by Gasteiger charge is 2.19. The van der Waals surface area contributed by atoms with E-state index in [1.165, 1.54) is 0 Å². The van der Waals surface area contributed by atoms with Crippen molar-refractivity contribution in [3.8, 4) is 0 Å². The van der Waals surface area contributed by atoms with Crippen molar-refractivity contribution in [3.05, 3.63) is 30.1 Å². The molecule has 2 heterocycles. The fraction of sp³-hybridized carbons (Fsp3) is 0.412. The van der Waals surface area contributed by atoms with E-state index in [1.54, 1.807) is 0 Å². The highest BCUT2D eigenvalue weighted by Crippen LogP contribution is 2.31. The largest absolute Gasteiger partial charge is 0.382 e. The number of benzene rings is 1. The summed E-state index contributed by atoms with van der Waals surface area (Å²) < 4.78 is 2.17. The Morgan fingerprint density at radius 2 is 1.91 bits per heavy atom. The molecule has 1 aromatic carbocycles. The number of rotatable bonds is 5. The second kappa shape index (κ2) is 5.93. The molecule has 1 unspecified atom stereocenters. The second-order valence-electron chi connectivity index (χ2n) is 5.72. The first-order valence-electron chi connectivity index (χ1n) is 7.98. The minimum Gasteiger partial charge on any atom is -0.382 e. The van der Waals surface area contributed by atoms with Crippen LogP contribution in [0.3, 0.4) is 0 Å². The molecule has 0 saturated carbocycles. The van der Waals surface area contributed by atoms with E-state index >= 15 is 0 Å². The number of para-hydroxylation sites is 1. The summed E-state index contributed by atoms with van der Waals surface area (Å²) in [5.74, 6) is 1.48. The maximum atomic E-state index is 6.45. The number of imidazole rings is 1. The number of fused-ring (bicyclic) bond motifs is 3. The highest BCUT2D eigenvalue weighted by molar-refractivity contribution is 6.06. The van der Waals surface area contributed by atoms with Crippen LogP contribution in [-0.4, -0.2) is 14.5 Å². The third-order valence-corrected chi connectivity index (χ3v) is 4.02. The molecule has 0 amide bonds. The van der Waals surface area contributed by atoms with Gasteiger partial charge in [-0.1, -0.05) is 38.5 Å². The average Bonchev–Trinajstić information content (AvgIpc) is 2.88. The second-order valence-corrected chi connectivity index (χ2v) is 5.72. The van der Waals surface area contributed by atoms with E-state index in [9.17, 15) is 0 Å². The first kappa shape index (κ1) is 14.8. The minimum atomic E-state index is -0.0817. The molecule has 0 aliphatic rings. The van der Waals surface area contributed by atoms with Gasteiger partial charge in [0.15, 0.2) is 5.82 Å². The Morgan fingerprint density at radius 1 is 1.14 bits per heavy atom. The molecule has 2 aromatic heterocycles. The lowest BCUT2D eigenvalue weighted by molar-refractivity contribution is 0.472. The summed E-state index contributed by atoms with van der Waals surface area (Å²) >= 11 is 0. The molecule has 0 aliphatic heterocycles. The van der Waals surface area contributed by atoms with E-state index in [0.29, 0.717) is 5.82 Å². The molecule has 0 aliphatic carbocycles. The first-order valence-corrected chi connectivity index (χ1v) is 7.98. The predicted molar refractivity (Wildman–Crippen MR) is 91.6 cm³/mol. The maximum Gasteiger partial charge on any atom is 0.152 e. The van der Waals surface area contributed by atoms with Crippen molar-refractivity contribution in [3.63, 3.8) is 0 Å². The molecule has 1 atom stereocenters. The summed E-state index contributed by atoms with van der Waals surface area (Å²) in [6, 6.07) is 8.03. The Morgan fingerprint density at radius 3 is 2.64 bits per heavy atom. The van der Waals surface area contributed by atoms with E-state index in [-0.39, 0.29) is 6.17 Å². The number of nitrogen functional groups attached to an aromatic ring is 1. The lowest BCUT2D eigenvalue weighted by Crippen LogP contribution is -2.20. The molecule has 5 nitrogen and oxygen atoms in total. The quantitative estimate of drug-likeness (QED) is 0.756. The van der Waals surface area contributed by atoms with Gasteiger partial charge in [-0.25, -0.2) is 9.97 Å². The molecule has 0 spiro atoms. The van der Waals surface area contributed by atoms with Crippen LogP contribution < -0.4 is 11.5 Å². The van der Waals surface area contributed by atoms with Gasteiger partial charge >= 0.3 is 0 Å². The van der Waals surface area contributed by atoms with Gasteiger partial charge in [-0.15, -0.1) is 0 Å². The molecule has 3 aromatic rings. The minimum absolute atomic E-state index is 0.0817. The van der Waals surface area contributed by atoms with Crippen molar-refractivity contribution in [1.29, 1.82) is 0 Å². The Labute approximate surface area is 130 Å². The van der Waals surface area contributed by atoms with Gasteiger partial charge in [-0.3, -0.25) is 0 Å². The molecular formula is C17H23N5. The standard InChI is InChI=1S/C17H23N5/c1-3-7-13(18)22-14(8-4-2)21-15-16(22)11-9-5-6-10-12(11)20-17(15)19/h5-6,9-10,13H,3-4,7-8,18H2,1-2H3,(H2,19,20). The van der Waals surface area contributed by atoms with Crippen LogP contribution in [0, 0.1) is 0 Å². The number of nitrogens with two attached hydrogens (primary N) is 2. The summed E-state index contributed by atoms with van der Waals surface area (Å²) in [4.78, 5) is 9.24. The fourth-order valence-electron chi connectivity index (χ4n) is 3.05. The van der Waals surface area contributed by atoms with Crippen molar-refractivity contribution >= 4 is 27.8 Å². The third kappa shape index (κ3) is 2.31. The van der Waals surface area contributed by atoms with Crippen LogP contribution in [0.15, 0.2) is 24.3 Å². The molecule has 0 saturated heterocycles. The summed E-state index contributed by atoms with van der Waals surface area (Å²) in [5, 5.41) is 1.06. The zero-order chi connectivity index (χ0) is 15.7. The zero-order valence-corrected chi connectivity index (χ0v) is 13.2. The van der Waals surface area contributed by atoms with E-state index in [1.807, 2.05) is 18.2 Å². The number of pyridine rings is 1. The summed E-state index contributed by atoms with van der Waals surface area (Å²) in [6.07, 6.45) is 3.78. The summed E-state index contributed by atoms with van der Waals surface area (Å²) in [5.41, 5.74) is 15.3. The van der Waals surface area contributed by atoms with Crippen LogP contribution in [-0.2, 0) is 6.42 Å². The monoisotopic (exact) mass is 297 g/mol. The van der Waals surface area contributed by atoms with Crippen LogP contribution in [0.25, 0.3) is 21.9 Å². The predicted octanol–water partition coefficient (Wildman–Crippen LogP) is 3.38. The number of aryl methyl sites for hydroxylation is 1. The van der Waals surface area contributed by atoms with Crippen molar-refractivity contribution in [1.82, 2.24) is 14.5 Å². The van der Waals surface area contributed by atoms with Crippen LogP contribution in [0.2, 0.25) is 0 Å². The lowest BCUT2D eigenvalue weighted by Gasteiger charge is -2.17. The number of aromatic nitrogens is 3. The van der Waals surface area contributed by atoms with Gasteiger partial charge in [0.1, 0.15) is 11.3 Å². The maximum absolute atomic E-state index is 6.45. The van der Waals surface area contributed by atoms with Gasteiger partial charge in [0.2, 0.25) is 0 Å². The van der Waals surface area contributed by atoms with Gasteiger partial charge in [-0.05, 0) is 18.9 Å². The molecule has 22 heavy (non-hydrogen) atoms. The Bertz CT molecular complexity index is 806. The molecule has 0 radical (unpaired) electrons. The molecular weight excluding hydrogens is 274 g/mol.